The number of hydrogen-bond acceptors (Lipinski definition) is 4. The minimum Gasteiger partial charge on any atom is -0.450 e. The topological polar surface area (TPSA) is 63.4 Å². The molecule has 7 heteroatoms. The van der Waals surface area contributed by atoms with E-state index in [2.05, 4.69) is 18.8 Å². The Morgan fingerprint density at radius 2 is 1.81 bits per heavy atom. The molecule has 1 atom stereocenters. The van der Waals surface area contributed by atoms with Gasteiger partial charge in [0.25, 0.3) is 5.91 Å². The van der Waals surface area contributed by atoms with Crippen molar-refractivity contribution >= 4 is 34.3 Å². The van der Waals surface area contributed by atoms with Crippen molar-refractivity contribution in [1.29, 1.82) is 0 Å². The predicted molar refractivity (Wildman–Crippen MR) is 121 cm³/mol. The molecule has 0 saturated heterocycles. The molecule has 0 aliphatic carbocycles. The molecule has 0 saturated carbocycles. The number of nitrogens with zero attached hydrogens (tertiary/aromatic N) is 2. The summed E-state index contributed by atoms with van der Waals surface area (Å²) in [6.45, 7) is 4.17. The summed E-state index contributed by atoms with van der Waals surface area (Å²) in [5, 5.41) is 0.512. The third-order valence-corrected chi connectivity index (χ3v) is 5.93. The second-order valence-corrected chi connectivity index (χ2v) is 8.48. The number of anilines is 1. The molecule has 0 radical (unpaired) electrons. The van der Waals surface area contributed by atoms with E-state index >= 15 is 0 Å². The smallest absolute Gasteiger partial charge is 0.296 e. The van der Waals surface area contributed by atoms with Crippen LogP contribution in [0.1, 0.15) is 53.1 Å². The minimum atomic E-state index is -0.767. The summed E-state index contributed by atoms with van der Waals surface area (Å²) in [6.07, 6.45) is 1.44. The molecule has 0 fully saturated rings. The Morgan fingerprint density at radius 1 is 1.06 bits per heavy atom. The van der Waals surface area contributed by atoms with Crippen LogP contribution in [0.5, 0.6) is 0 Å². The van der Waals surface area contributed by atoms with Crippen molar-refractivity contribution in [2.75, 3.05) is 4.90 Å². The van der Waals surface area contributed by atoms with Gasteiger partial charge in [-0.3, -0.25) is 14.5 Å². The van der Waals surface area contributed by atoms with Gasteiger partial charge >= 0.3 is 0 Å². The van der Waals surface area contributed by atoms with E-state index in [1.54, 1.807) is 12.1 Å². The highest BCUT2D eigenvalue weighted by atomic mass is 35.5. The Kier molecular flexibility index (Phi) is 4.82. The first-order valence-corrected chi connectivity index (χ1v) is 10.5. The Labute approximate surface area is 188 Å². The normalized spacial score (nSPS) is 15.6. The number of halogens is 2. The van der Waals surface area contributed by atoms with Crippen LogP contribution < -0.4 is 10.3 Å². The van der Waals surface area contributed by atoms with Gasteiger partial charge in [0.15, 0.2) is 5.43 Å². The van der Waals surface area contributed by atoms with Crippen molar-refractivity contribution < 1.29 is 13.6 Å². The zero-order valence-corrected chi connectivity index (χ0v) is 18.1. The van der Waals surface area contributed by atoms with E-state index in [1.807, 2.05) is 24.3 Å². The Hall–Kier alpha value is -3.51. The van der Waals surface area contributed by atoms with E-state index < -0.39 is 23.2 Å². The number of carbonyl (C=O) groups excluding carboxylic acids is 1. The van der Waals surface area contributed by atoms with E-state index in [0.717, 1.165) is 17.2 Å². The number of hydrogen-bond donors (Lipinski definition) is 0. The first-order chi connectivity index (χ1) is 15.3. The molecule has 0 N–H and O–H groups in total. The van der Waals surface area contributed by atoms with Gasteiger partial charge in [0.05, 0.1) is 22.0 Å². The summed E-state index contributed by atoms with van der Waals surface area (Å²) in [5.41, 5.74) is 1.73. The van der Waals surface area contributed by atoms with Gasteiger partial charge in [-0.1, -0.05) is 49.7 Å². The average Bonchev–Trinajstić information content (AvgIpc) is 3.07. The second-order valence-electron chi connectivity index (χ2n) is 8.05. The maximum absolute atomic E-state index is 13.9. The molecule has 1 amide bonds. The molecule has 2 aromatic carbocycles. The zero-order valence-electron chi connectivity index (χ0n) is 17.3. The standard InChI is InChI=1S/C25H18ClFN2O3/c1-13(2)14-3-5-15(6-4-14)22-21-23(30)18-11-17(27)8-9-19(18)32-24(21)25(31)29(22)20-10-7-16(26)12-28-20/h3-13,22H,1-2H3. The number of benzene rings is 2. The molecule has 160 valence electrons. The van der Waals surface area contributed by atoms with Crippen molar-refractivity contribution in [1.82, 2.24) is 4.98 Å². The van der Waals surface area contributed by atoms with Crippen molar-refractivity contribution in [2.24, 2.45) is 0 Å². The van der Waals surface area contributed by atoms with E-state index in [4.69, 9.17) is 16.0 Å². The minimum absolute atomic E-state index is 0.0659. The van der Waals surface area contributed by atoms with Crippen LogP contribution in [-0.4, -0.2) is 10.9 Å². The third-order valence-electron chi connectivity index (χ3n) is 5.71. The average molecular weight is 449 g/mol. The lowest BCUT2D eigenvalue weighted by Crippen LogP contribution is -2.30. The molecule has 4 aromatic rings. The maximum atomic E-state index is 13.9. The summed E-state index contributed by atoms with van der Waals surface area (Å²) in [5.74, 6) is -0.450. The van der Waals surface area contributed by atoms with Crippen molar-refractivity contribution in [2.45, 2.75) is 25.8 Å². The molecule has 3 heterocycles. The Morgan fingerprint density at radius 3 is 2.47 bits per heavy atom. The molecule has 1 aliphatic rings. The molecule has 5 nitrogen and oxygen atoms in total. The van der Waals surface area contributed by atoms with Crippen LogP contribution >= 0.6 is 11.6 Å². The fourth-order valence-electron chi connectivity index (χ4n) is 4.07. The van der Waals surface area contributed by atoms with E-state index in [0.29, 0.717) is 16.8 Å². The molecule has 32 heavy (non-hydrogen) atoms. The summed E-state index contributed by atoms with van der Waals surface area (Å²) < 4.78 is 19.7. The number of aromatic nitrogens is 1. The van der Waals surface area contributed by atoms with Crippen LogP contribution in [0, 0.1) is 5.82 Å². The first-order valence-electron chi connectivity index (χ1n) is 10.2. The van der Waals surface area contributed by atoms with Gasteiger partial charge in [0, 0.05) is 6.20 Å². The number of rotatable bonds is 3. The fourth-order valence-corrected chi connectivity index (χ4v) is 4.18. The molecule has 5 rings (SSSR count). The summed E-state index contributed by atoms with van der Waals surface area (Å²) in [7, 11) is 0. The number of pyridine rings is 1. The van der Waals surface area contributed by atoms with Crippen LogP contribution in [0.25, 0.3) is 11.0 Å². The SMILES string of the molecule is CC(C)c1ccc(C2c3c(oc4ccc(F)cc4c3=O)C(=O)N2c2ccc(Cl)cn2)cc1. The van der Waals surface area contributed by atoms with Gasteiger partial charge in [-0.2, -0.15) is 0 Å². The van der Waals surface area contributed by atoms with Crippen molar-refractivity contribution in [3.63, 3.8) is 0 Å². The molecule has 1 aliphatic heterocycles. The fraction of sp³-hybridized carbons (Fsp3) is 0.160. The number of fused-ring (bicyclic) bond motifs is 2. The van der Waals surface area contributed by atoms with Gasteiger partial charge in [-0.25, -0.2) is 9.37 Å². The summed E-state index contributed by atoms with van der Waals surface area (Å²) in [6, 6.07) is 13.9. The molecule has 2 aromatic heterocycles. The van der Waals surface area contributed by atoms with Crippen LogP contribution in [-0.2, 0) is 0 Å². The molecule has 0 spiro atoms. The number of carbonyl (C=O) groups is 1. The Balaban J connectivity index is 1.78. The largest absolute Gasteiger partial charge is 0.450 e. The lowest BCUT2D eigenvalue weighted by atomic mass is 9.95. The highest BCUT2D eigenvalue weighted by Gasteiger charge is 2.44. The lowest BCUT2D eigenvalue weighted by Gasteiger charge is -2.24. The van der Waals surface area contributed by atoms with Crippen molar-refractivity contribution in [3.05, 3.63) is 104 Å². The Bertz CT molecular complexity index is 1410. The van der Waals surface area contributed by atoms with Gasteiger partial charge in [-0.15, -0.1) is 0 Å². The predicted octanol–water partition coefficient (Wildman–Crippen LogP) is 5.85. The highest BCUT2D eigenvalue weighted by Crippen LogP contribution is 2.41. The number of amides is 1. The van der Waals surface area contributed by atoms with Gasteiger partial charge in [0.2, 0.25) is 5.76 Å². The molecule has 0 bridgehead atoms. The zero-order chi connectivity index (χ0) is 22.6. The van der Waals surface area contributed by atoms with Crippen molar-refractivity contribution in [3.8, 4) is 0 Å². The monoisotopic (exact) mass is 448 g/mol. The third kappa shape index (κ3) is 3.19. The van der Waals surface area contributed by atoms with E-state index in [1.165, 1.54) is 23.2 Å². The van der Waals surface area contributed by atoms with Crippen LogP contribution in [0.4, 0.5) is 10.2 Å². The molecular formula is C25H18ClFN2O3. The van der Waals surface area contributed by atoms with Crippen LogP contribution in [0.15, 0.2) is 70.0 Å². The van der Waals surface area contributed by atoms with Crippen LogP contribution in [0.3, 0.4) is 0 Å². The second kappa shape index (κ2) is 7.57. The van der Waals surface area contributed by atoms with Gasteiger partial charge < -0.3 is 4.42 Å². The van der Waals surface area contributed by atoms with Gasteiger partial charge in [0.1, 0.15) is 17.2 Å². The lowest BCUT2D eigenvalue weighted by molar-refractivity contribution is 0.0970. The first kappa shape index (κ1) is 20.4. The molecule has 1 unspecified atom stereocenters. The van der Waals surface area contributed by atoms with Crippen LogP contribution in [0.2, 0.25) is 5.02 Å². The summed E-state index contributed by atoms with van der Waals surface area (Å²) >= 11 is 5.99. The maximum Gasteiger partial charge on any atom is 0.296 e. The summed E-state index contributed by atoms with van der Waals surface area (Å²) in [4.78, 5) is 32.6. The quantitative estimate of drug-likeness (QED) is 0.394. The van der Waals surface area contributed by atoms with Gasteiger partial charge in [-0.05, 0) is 47.4 Å². The molecular weight excluding hydrogens is 431 g/mol. The highest BCUT2D eigenvalue weighted by molar-refractivity contribution is 6.30. The van der Waals surface area contributed by atoms with E-state index in [-0.39, 0.29) is 22.3 Å². The van der Waals surface area contributed by atoms with E-state index in [9.17, 15) is 14.0 Å².